The first-order chi connectivity index (χ1) is 15.1. The van der Waals surface area contributed by atoms with Crippen LogP contribution < -0.4 is 9.47 Å². The number of likely N-dealkylation sites (tertiary alicyclic amines) is 1. The third kappa shape index (κ3) is 5.81. The molecule has 0 unspecified atom stereocenters. The van der Waals surface area contributed by atoms with Crippen LogP contribution in [0.15, 0.2) is 42.5 Å². The molecule has 1 saturated carbocycles. The Bertz CT molecular complexity index is 824. The molecular formula is C27H38N2O2. The van der Waals surface area contributed by atoms with Crippen molar-refractivity contribution >= 4 is 0 Å². The van der Waals surface area contributed by atoms with E-state index in [1.165, 1.54) is 62.0 Å². The van der Waals surface area contributed by atoms with Gasteiger partial charge < -0.3 is 14.4 Å². The zero-order chi connectivity index (χ0) is 21.6. The van der Waals surface area contributed by atoms with Gasteiger partial charge in [-0.25, -0.2) is 0 Å². The van der Waals surface area contributed by atoms with E-state index in [1.54, 1.807) is 14.2 Å². The van der Waals surface area contributed by atoms with Gasteiger partial charge in [-0.05, 0) is 92.9 Å². The van der Waals surface area contributed by atoms with Crippen molar-refractivity contribution in [3.05, 3.63) is 59.2 Å². The second-order valence-electron chi connectivity index (χ2n) is 9.46. The normalized spacial score (nSPS) is 21.3. The molecule has 0 aromatic heterocycles. The fraction of sp³-hybridized carbons (Fsp3) is 0.556. The lowest BCUT2D eigenvalue weighted by molar-refractivity contribution is 0.182. The molecule has 2 fully saturated rings. The molecule has 4 rings (SSSR count). The lowest BCUT2D eigenvalue weighted by Gasteiger charge is -2.38. The van der Waals surface area contributed by atoms with Gasteiger partial charge in [0.1, 0.15) is 0 Å². The lowest BCUT2D eigenvalue weighted by Crippen LogP contribution is -2.34. The summed E-state index contributed by atoms with van der Waals surface area (Å²) in [6.07, 6.45) is 6.42. The van der Waals surface area contributed by atoms with E-state index in [9.17, 15) is 0 Å². The highest BCUT2D eigenvalue weighted by Gasteiger charge is 2.30. The van der Waals surface area contributed by atoms with Gasteiger partial charge >= 0.3 is 0 Å². The lowest BCUT2D eigenvalue weighted by atomic mass is 9.71. The van der Waals surface area contributed by atoms with Gasteiger partial charge in [0.05, 0.1) is 14.2 Å². The molecule has 0 spiro atoms. The summed E-state index contributed by atoms with van der Waals surface area (Å²) in [5.41, 5.74) is 4.30. The highest BCUT2D eigenvalue weighted by Crippen LogP contribution is 2.42. The Labute approximate surface area is 188 Å². The molecular weight excluding hydrogens is 384 g/mol. The zero-order valence-corrected chi connectivity index (χ0v) is 19.5. The van der Waals surface area contributed by atoms with Crippen LogP contribution in [-0.2, 0) is 13.0 Å². The Hall–Kier alpha value is -2.04. The highest BCUT2D eigenvalue weighted by atomic mass is 16.5. The zero-order valence-electron chi connectivity index (χ0n) is 19.5. The van der Waals surface area contributed by atoms with Crippen LogP contribution in [0.2, 0.25) is 0 Å². The summed E-state index contributed by atoms with van der Waals surface area (Å²) < 4.78 is 10.8. The van der Waals surface area contributed by atoms with Crippen molar-refractivity contribution in [2.45, 2.75) is 44.6 Å². The van der Waals surface area contributed by atoms with Crippen LogP contribution in [0.25, 0.3) is 0 Å². The maximum absolute atomic E-state index is 5.43. The first-order valence-corrected chi connectivity index (χ1v) is 11.8. The molecule has 4 nitrogen and oxygen atoms in total. The van der Waals surface area contributed by atoms with Gasteiger partial charge in [0.2, 0.25) is 0 Å². The van der Waals surface area contributed by atoms with Crippen molar-refractivity contribution < 1.29 is 9.47 Å². The summed E-state index contributed by atoms with van der Waals surface area (Å²) in [6, 6.07) is 15.7. The molecule has 168 valence electrons. The number of hydrogen-bond donors (Lipinski definition) is 0. The van der Waals surface area contributed by atoms with E-state index >= 15 is 0 Å². The molecule has 0 atom stereocenters. The van der Waals surface area contributed by atoms with Crippen LogP contribution >= 0.6 is 0 Å². The summed E-state index contributed by atoms with van der Waals surface area (Å²) in [6.45, 7) is 5.92. The minimum absolute atomic E-state index is 0.755. The first-order valence-electron chi connectivity index (χ1n) is 11.8. The van der Waals surface area contributed by atoms with Crippen molar-refractivity contribution in [1.82, 2.24) is 9.80 Å². The number of benzene rings is 2. The Morgan fingerprint density at radius 1 is 0.903 bits per heavy atom. The van der Waals surface area contributed by atoms with Gasteiger partial charge in [-0.2, -0.15) is 0 Å². The summed E-state index contributed by atoms with van der Waals surface area (Å²) in [7, 11) is 5.63. The average Bonchev–Trinajstić information content (AvgIpc) is 3.28. The van der Waals surface area contributed by atoms with Gasteiger partial charge in [0, 0.05) is 19.6 Å². The largest absolute Gasteiger partial charge is 0.493 e. The maximum atomic E-state index is 5.43. The number of likely N-dealkylation sites (N-methyl/N-ethyl adjacent to an activating group) is 1. The number of ether oxygens (including phenoxy) is 2. The van der Waals surface area contributed by atoms with E-state index in [0.717, 1.165) is 42.8 Å². The van der Waals surface area contributed by atoms with Crippen LogP contribution in [0.3, 0.4) is 0 Å². The topological polar surface area (TPSA) is 24.9 Å². The molecule has 1 heterocycles. The van der Waals surface area contributed by atoms with E-state index in [0.29, 0.717) is 0 Å². The number of methoxy groups -OCH3 is 2. The third-order valence-corrected chi connectivity index (χ3v) is 7.09. The third-order valence-electron chi connectivity index (χ3n) is 7.09. The van der Waals surface area contributed by atoms with Crippen LogP contribution in [0.4, 0.5) is 0 Å². The van der Waals surface area contributed by atoms with Crippen molar-refractivity contribution in [3.8, 4) is 11.5 Å². The second kappa shape index (κ2) is 10.5. The summed E-state index contributed by atoms with van der Waals surface area (Å²) in [5.74, 6) is 3.19. The minimum Gasteiger partial charge on any atom is -0.493 e. The molecule has 1 aliphatic heterocycles. The molecule has 0 N–H and O–H groups in total. The summed E-state index contributed by atoms with van der Waals surface area (Å²) in [4.78, 5) is 5.06. The maximum Gasteiger partial charge on any atom is 0.160 e. The summed E-state index contributed by atoms with van der Waals surface area (Å²) >= 11 is 0. The second-order valence-corrected chi connectivity index (χ2v) is 9.46. The van der Waals surface area contributed by atoms with Crippen LogP contribution in [-0.4, -0.2) is 57.2 Å². The van der Waals surface area contributed by atoms with Gasteiger partial charge in [0.15, 0.2) is 11.5 Å². The number of rotatable bonds is 10. The van der Waals surface area contributed by atoms with Gasteiger partial charge in [0.25, 0.3) is 0 Å². The molecule has 4 heteroatoms. The molecule has 1 aliphatic carbocycles. The van der Waals surface area contributed by atoms with Crippen LogP contribution in [0.5, 0.6) is 11.5 Å². The van der Waals surface area contributed by atoms with Gasteiger partial charge in [-0.1, -0.05) is 30.3 Å². The van der Waals surface area contributed by atoms with E-state index in [4.69, 9.17) is 9.47 Å². The predicted molar refractivity (Wildman–Crippen MR) is 127 cm³/mol. The van der Waals surface area contributed by atoms with Crippen LogP contribution in [0.1, 0.15) is 48.3 Å². The number of hydrogen-bond acceptors (Lipinski definition) is 4. The number of nitrogens with zero attached hydrogens (tertiary/aromatic N) is 2. The van der Waals surface area contributed by atoms with Crippen molar-refractivity contribution in [2.75, 3.05) is 47.4 Å². The van der Waals surface area contributed by atoms with E-state index in [1.807, 2.05) is 6.07 Å². The van der Waals surface area contributed by atoms with Crippen molar-refractivity contribution in [1.29, 1.82) is 0 Å². The first kappa shape index (κ1) is 22.2. The van der Waals surface area contributed by atoms with Crippen LogP contribution in [0, 0.1) is 5.92 Å². The molecule has 1 saturated heterocycles. The molecule has 2 aromatic rings. The van der Waals surface area contributed by atoms with E-state index in [2.05, 4.69) is 53.2 Å². The SMILES string of the molecule is COc1ccc(CCN(C)CC2CC(c3ccc(CN4CCCC4)cc3)C2)cc1OC. The molecule has 31 heavy (non-hydrogen) atoms. The fourth-order valence-corrected chi connectivity index (χ4v) is 5.14. The van der Waals surface area contributed by atoms with E-state index in [-0.39, 0.29) is 0 Å². The quantitative estimate of drug-likeness (QED) is 0.540. The summed E-state index contributed by atoms with van der Waals surface area (Å²) in [5, 5.41) is 0. The average molecular weight is 423 g/mol. The van der Waals surface area contributed by atoms with E-state index < -0.39 is 0 Å². The predicted octanol–water partition coefficient (Wildman–Crippen LogP) is 4.97. The smallest absolute Gasteiger partial charge is 0.160 e. The van der Waals surface area contributed by atoms with Gasteiger partial charge in [-0.15, -0.1) is 0 Å². The van der Waals surface area contributed by atoms with Crippen molar-refractivity contribution in [2.24, 2.45) is 5.92 Å². The molecule has 2 aliphatic rings. The van der Waals surface area contributed by atoms with Crippen molar-refractivity contribution in [3.63, 3.8) is 0 Å². The Kier molecular flexibility index (Phi) is 7.52. The Morgan fingerprint density at radius 2 is 1.58 bits per heavy atom. The fourth-order valence-electron chi connectivity index (χ4n) is 5.14. The minimum atomic E-state index is 0.755. The monoisotopic (exact) mass is 422 g/mol. The standard InChI is InChI=1S/C27H38N2O2/c1-28(15-12-21-8-11-26(30-2)27(18-21)31-3)19-23-16-25(17-23)24-9-6-22(7-10-24)20-29-13-4-5-14-29/h6-11,18,23,25H,4-5,12-17,19-20H2,1-3H3. The Morgan fingerprint density at radius 3 is 2.26 bits per heavy atom. The molecule has 0 bridgehead atoms. The highest BCUT2D eigenvalue weighted by molar-refractivity contribution is 5.43. The molecule has 2 aromatic carbocycles. The Balaban J connectivity index is 1.18. The van der Waals surface area contributed by atoms with Gasteiger partial charge in [-0.3, -0.25) is 4.90 Å². The molecule has 0 radical (unpaired) electrons. The molecule has 0 amide bonds.